The molecule has 1 aromatic rings. The van der Waals surface area contributed by atoms with Crippen LogP contribution in [0.4, 0.5) is 0 Å². The molecule has 0 saturated heterocycles. The molecule has 0 amide bonds. The van der Waals surface area contributed by atoms with Crippen molar-refractivity contribution in [3.8, 4) is 5.75 Å². The summed E-state index contributed by atoms with van der Waals surface area (Å²) >= 11 is 5.88. The normalized spacial score (nSPS) is 14.0. The van der Waals surface area contributed by atoms with Gasteiger partial charge in [0.15, 0.2) is 0 Å². The molecule has 1 atom stereocenters. The van der Waals surface area contributed by atoms with Crippen molar-refractivity contribution < 1.29 is 9.47 Å². The fraction of sp³-hybridized carbons (Fsp3) is 0.474. The SMILES string of the molecule is COc1ccc(COC/C(C)=C/CC[C@H](C)/C(I)=C/CBr)cc1. The second-order valence-electron chi connectivity index (χ2n) is 5.61. The number of allylic oxidation sites excluding steroid dienone is 3. The van der Waals surface area contributed by atoms with Gasteiger partial charge in [-0.3, -0.25) is 0 Å². The summed E-state index contributed by atoms with van der Waals surface area (Å²) in [6, 6.07) is 8.01. The molecule has 0 aliphatic rings. The highest BCUT2D eigenvalue weighted by molar-refractivity contribution is 14.1. The maximum atomic E-state index is 5.77. The highest BCUT2D eigenvalue weighted by atomic mass is 127. The lowest BCUT2D eigenvalue weighted by Crippen LogP contribution is -1.98. The lowest BCUT2D eigenvalue weighted by Gasteiger charge is -2.10. The van der Waals surface area contributed by atoms with Crippen LogP contribution in [0.3, 0.4) is 0 Å². The summed E-state index contributed by atoms with van der Waals surface area (Å²) in [5, 5.41) is 0.934. The zero-order valence-corrected chi connectivity index (χ0v) is 17.9. The van der Waals surface area contributed by atoms with Gasteiger partial charge in [0.2, 0.25) is 0 Å². The Morgan fingerprint density at radius 1 is 1.26 bits per heavy atom. The van der Waals surface area contributed by atoms with Gasteiger partial charge in [-0.2, -0.15) is 0 Å². The van der Waals surface area contributed by atoms with Gasteiger partial charge >= 0.3 is 0 Å². The van der Waals surface area contributed by atoms with Crippen LogP contribution in [0.1, 0.15) is 32.3 Å². The highest BCUT2D eigenvalue weighted by Crippen LogP contribution is 2.23. The van der Waals surface area contributed by atoms with Crippen LogP contribution in [-0.2, 0) is 11.3 Å². The Kier molecular flexibility index (Phi) is 10.9. The second-order valence-corrected chi connectivity index (χ2v) is 7.51. The predicted molar refractivity (Wildman–Crippen MR) is 111 cm³/mol. The molecule has 2 nitrogen and oxygen atoms in total. The number of alkyl halides is 1. The van der Waals surface area contributed by atoms with Gasteiger partial charge in [-0.15, -0.1) is 0 Å². The summed E-state index contributed by atoms with van der Waals surface area (Å²) in [7, 11) is 1.68. The average Bonchev–Trinajstić information content (AvgIpc) is 2.55. The van der Waals surface area contributed by atoms with E-state index in [1.165, 1.54) is 21.1 Å². The van der Waals surface area contributed by atoms with Crippen molar-refractivity contribution in [1.82, 2.24) is 0 Å². The topological polar surface area (TPSA) is 18.5 Å². The first kappa shape index (κ1) is 20.7. The molecule has 1 aromatic carbocycles. The second kappa shape index (κ2) is 12.1. The zero-order valence-electron chi connectivity index (χ0n) is 14.1. The van der Waals surface area contributed by atoms with Crippen molar-refractivity contribution >= 4 is 38.5 Å². The smallest absolute Gasteiger partial charge is 0.118 e. The van der Waals surface area contributed by atoms with Gasteiger partial charge in [0.1, 0.15) is 5.75 Å². The Balaban J connectivity index is 2.27. The van der Waals surface area contributed by atoms with E-state index in [9.17, 15) is 0 Å². The number of methoxy groups -OCH3 is 1. The molecule has 0 aromatic heterocycles. The summed E-state index contributed by atoms with van der Waals surface area (Å²) in [5.74, 6) is 1.50. The number of rotatable bonds is 10. The van der Waals surface area contributed by atoms with Crippen LogP contribution in [0.2, 0.25) is 0 Å². The molecule has 0 unspecified atom stereocenters. The summed E-state index contributed by atoms with van der Waals surface area (Å²) in [4.78, 5) is 0. The third kappa shape index (κ3) is 8.91. The van der Waals surface area contributed by atoms with Gasteiger partial charge in [-0.25, -0.2) is 0 Å². The van der Waals surface area contributed by atoms with E-state index in [0.717, 1.165) is 17.5 Å². The molecule has 1 rings (SSSR count). The molecular formula is C19H26BrIO2. The molecule has 4 heteroatoms. The first-order valence-corrected chi connectivity index (χ1v) is 10.0. The molecule has 0 radical (unpaired) electrons. The van der Waals surface area contributed by atoms with Crippen LogP contribution in [0.5, 0.6) is 5.75 Å². The number of ether oxygens (including phenoxy) is 2. The Morgan fingerprint density at radius 3 is 2.57 bits per heavy atom. The van der Waals surface area contributed by atoms with E-state index in [1.807, 2.05) is 24.3 Å². The quantitative estimate of drug-likeness (QED) is 0.217. The minimum absolute atomic E-state index is 0.623. The Morgan fingerprint density at radius 2 is 1.96 bits per heavy atom. The van der Waals surface area contributed by atoms with E-state index in [2.05, 4.69) is 64.5 Å². The minimum atomic E-state index is 0.623. The number of hydrogen-bond donors (Lipinski definition) is 0. The zero-order chi connectivity index (χ0) is 17.1. The molecule has 23 heavy (non-hydrogen) atoms. The van der Waals surface area contributed by atoms with Gasteiger partial charge in [0.05, 0.1) is 20.3 Å². The van der Waals surface area contributed by atoms with Gasteiger partial charge in [0.25, 0.3) is 0 Å². The van der Waals surface area contributed by atoms with E-state index in [-0.39, 0.29) is 0 Å². The van der Waals surface area contributed by atoms with Crippen molar-refractivity contribution in [3.05, 3.63) is 51.1 Å². The summed E-state index contributed by atoms with van der Waals surface area (Å²) in [6.45, 7) is 5.74. The third-order valence-electron chi connectivity index (χ3n) is 3.59. The van der Waals surface area contributed by atoms with E-state index in [0.29, 0.717) is 19.1 Å². The van der Waals surface area contributed by atoms with Crippen LogP contribution in [0, 0.1) is 5.92 Å². The average molecular weight is 493 g/mol. The molecular weight excluding hydrogens is 467 g/mol. The van der Waals surface area contributed by atoms with Crippen molar-refractivity contribution in [2.45, 2.75) is 33.3 Å². The van der Waals surface area contributed by atoms with Crippen LogP contribution < -0.4 is 4.74 Å². The first-order valence-electron chi connectivity index (χ1n) is 7.84. The van der Waals surface area contributed by atoms with Crippen molar-refractivity contribution in [1.29, 1.82) is 0 Å². The van der Waals surface area contributed by atoms with Crippen molar-refractivity contribution in [2.24, 2.45) is 5.92 Å². The lowest BCUT2D eigenvalue weighted by atomic mass is 10.0. The van der Waals surface area contributed by atoms with Crippen molar-refractivity contribution in [2.75, 3.05) is 19.0 Å². The fourth-order valence-corrected chi connectivity index (χ4v) is 3.59. The standard InChI is InChI=1S/C19H26BrIO2/c1-15(5-4-6-16(2)19(21)11-12-20)13-23-14-17-7-9-18(22-3)10-8-17/h5,7-11,16H,4,6,12-14H2,1-3H3/b15-5+,19-11-/t16-/m0/s1. The Hall–Kier alpha value is -0.330. The molecule has 0 bridgehead atoms. The Labute approximate surface area is 162 Å². The molecule has 0 N–H and O–H groups in total. The number of halogens is 2. The van der Waals surface area contributed by atoms with E-state index in [1.54, 1.807) is 7.11 Å². The van der Waals surface area contributed by atoms with Gasteiger partial charge in [-0.1, -0.05) is 52.7 Å². The molecule has 0 saturated carbocycles. The van der Waals surface area contributed by atoms with Crippen LogP contribution in [-0.4, -0.2) is 19.0 Å². The maximum Gasteiger partial charge on any atom is 0.118 e. The molecule has 0 fully saturated rings. The van der Waals surface area contributed by atoms with Crippen molar-refractivity contribution in [3.63, 3.8) is 0 Å². The van der Waals surface area contributed by atoms with E-state index >= 15 is 0 Å². The summed E-state index contributed by atoms with van der Waals surface area (Å²) in [5.41, 5.74) is 2.46. The highest BCUT2D eigenvalue weighted by Gasteiger charge is 2.04. The Bertz CT molecular complexity index is 509. The monoisotopic (exact) mass is 492 g/mol. The fourth-order valence-electron chi connectivity index (χ4n) is 2.10. The molecule has 0 aliphatic carbocycles. The lowest BCUT2D eigenvalue weighted by molar-refractivity contribution is 0.142. The molecule has 0 heterocycles. The van der Waals surface area contributed by atoms with Crippen LogP contribution in [0.15, 0.2) is 45.6 Å². The number of benzene rings is 1. The molecule has 128 valence electrons. The van der Waals surface area contributed by atoms with Gasteiger partial charge in [-0.05, 0) is 69.6 Å². The third-order valence-corrected chi connectivity index (χ3v) is 5.42. The van der Waals surface area contributed by atoms with E-state index < -0.39 is 0 Å². The predicted octanol–water partition coefficient (Wildman–Crippen LogP) is 6.29. The maximum absolute atomic E-state index is 5.77. The van der Waals surface area contributed by atoms with Gasteiger partial charge < -0.3 is 9.47 Å². The van der Waals surface area contributed by atoms with E-state index in [4.69, 9.17) is 9.47 Å². The summed E-state index contributed by atoms with van der Waals surface area (Å²) < 4.78 is 12.4. The largest absolute Gasteiger partial charge is 0.497 e. The number of hydrogen-bond acceptors (Lipinski definition) is 2. The minimum Gasteiger partial charge on any atom is -0.497 e. The molecule has 0 spiro atoms. The van der Waals surface area contributed by atoms with Crippen LogP contribution >= 0.6 is 38.5 Å². The van der Waals surface area contributed by atoms with Gasteiger partial charge in [0, 0.05) is 5.33 Å². The van der Waals surface area contributed by atoms with Crippen LogP contribution in [0.25, 0.3) is 0 Å². The molecule has 0 aliphatic heterocycles. The summed E-state index contributed by atoms with van der Waals surface area (Å²) in [6.07, 6.45) is 6.81. The first-order chi connectivity index (χ1) is 11.1.